The number of carbonyl (C=O) groups excluding carboxylic acids is 1. The van der Waals surface area contributed by atoms with Gasteiger partial charge in [0.15, 0.2) is 5.82 Å². The number of halogens is 1. The highest BCUT2D eigenvalue weighted by Gasteiger charge is 2.04. The Labute approximate surface area is 95.5 Å². The summed E-state index contributed by atoms with van der Waals surface area (Å²) in [7, 11) is 0. The van der Waals surface area contributed by atoms with Crippen molar-refractivity contribution in [2.24, 2.45) is 0 Å². The van der Waals surface area contributed by atoms with Gasteiger partial charge < -0.3 is 5.32 Å². The molecule has 2 rings (SSSR count). The van der Waals surface area contributed by atoms with Crippen LogP contribution in [-0.4, -0.2) is 30.6 Å². The van der Waals surface area contributed by atoms with Gasteiger partial charge in [-0.15, -0.1) is 0 Å². The number of nitrogens with zero attached hydrogens (tertiary/aromatic N) is 5. The van der Waals surface area contributed by atoms with E-state index in [-0.39, 0.29) is 17.6 Å². The normalized spacial score (nSPS) is 10.1. The van der Waals surface area contributed by atoms with E-state index in [2.05, 4.69) is 25.4 Å². The molecule has 0 fully saturated rings. The molecule has 1 N–H and O–H groups in total. The van der Waals surface area contributed by atoms with Gasteiger partial charge >= 0.3 is 0 Å². The average molecular weight is 239 g/mol. The van der Waals surface area contributed by atoms with E-state index >= 15 is 0 Å². The third kappa shape index (κ3) is 2.74. The summed E-state index contributed by atoms with van der Waals surface area (Å²) in [5.41, 5.74) is 0. The van der Waals surface area contributed by atoms with Crippen molar-refractivity contribution in [1.29, 1.82) is 0 Å². The highest BCUT2D eigenvalue weighted by Crippen LogP contribution is 2.04. The Hall–Kier alpha value is -2.02. The summed E-state index contributed by atoms with van der Waals surface area (Å²) in [6.45, 7) is 0.0737. The predicted molar refractivity (Wildman–Crippen MR) is 55.7 cm³/mol. The first-order chi connectivity index (χ1) is 7.74. The second-order valence-electron chi connectivity index (χ2n) is 2.87. The summed E-state index contributed by atoms with van der Waals surface area (Å²) in [5.74, 6) is 0.0802. The first-order valence-electron chi connectivity index (χ1n) is 4.34. The van der Waals surface area contributed by atoms with E-state index in [1.54, 1.807) is 0 Å². The van der Waals surface area contributed by atoms with E-state index in [1.807, 2.05) is 0 Å². The number of hydrogen-bond acceptors (Lipinski definition) is 5. The Morgan fingerprint density at radius 3 is 2.94 bits per heavy atom. The lowest BCUT2D eigenvalue weighted by atomic mass is 10.5. The second kappa shape index (κ2) is 4.67. The van der Waals surface area contributed by atoms with Gasteiger partial charge in [-0.3, -0.25) is 4.79 Å². The number of amides is 1. The maximum absolute atomic E-state index is 11.5. The third-order valence-corrected chi connectivity index (χ3v) is 1.86. The molecule has 2 aromatic heterocycles. The quantitative estimate of drug-likeness (QED) is 0.835. The highest BCUT2D eigenvalue weighted by molar-refractivity contribution is 6.29. The van der Waals surface area contributed by atoms with E-state index in [1.165, 1.54) is 29.7 Å². The molecule has 2 heterocycles. The number of carbonyl (C=O) groups is 1. The van der Waals surface area contributed by atoms with Gasteiger partial charge in [-0.2, -0.15) is 5.10 Å². The molecule has 0 atom stereocenters. The minimum Gasteiger partial charge on any atom is -0.308 e. The molecule has 0 saturated heterocycles. The Kier molecular flexibility index (Phi) is 3.06. The number of rotatable bonds is 3. The number of hydrogen-bond donors (Lipinski definition) is 1. The number of aromatic nitrogens is 5. The second-order valence-corrected chi connectivity index (χ2v) is 3.25. The maximum Gasteiger partial charge on any atom is 0.247 e. The zero-order valence-electron chi connectivity index (χ0n) is 8.04. The summed E-state index contributed by atoms with van der Waals surface area (Å²) in [6, 6.07) is 0. The Balaban J connectivity index is 1.95. The summed E-state index contributed by atoms with van der Waals surface area (Å²) in [5, 5.41) is 6.62. The lowest BCUT2D eigenvalue weighted by Crippen LogP contribution is -2.19. The summed E-state index contributed by atoms with van der Waals surface area (Å²) < 4.78 is 1.40. The van der Waals surface area contributed by atoms with Crippen molar-refractivity contribution in [3.63, 3.8) is 0 Å². The van der Waals surface area contributed by atoms with E-state index in [4.69, 9.17) is 11.6 Å². The van der Waals surface area contributed by atoms with Crippen molar-refractivity contribution in [2.45, 2.75) is 6.54 Å². The SMILES string of the molecule is O=C(Cn1cncn1)Nc1cnc(Cl)cn1. The fourth-order valence-corrected chi connectivity index (χ4v) is 1.12. The summed E-state index contributed by atoms with van der Waals surface area (Å²) in [6.07, 6.45) is 5.54. The molecule has 0 radical (unpaired) electrons. The van der Waals surface area contributed by atoms with Gasteiger partial charge in [0.05, 0.1) is 12.4 Å². The van der Waals surface area contributed by atoms with Gasteiger partial charge in [-0.1, -0.05) is 11.6 Å². The fraction of sp³-hybridized carbons (Fsp3) is 0.125. The van der Waals surface area contributed by atoms with Crippen molar-refractivity contribution in [2.75, 3.05) is 5.32 Å². The van der Waals surface area contributed by atoms with Gasteiger partial charge in [0.1, 0.15) is 24.4 Å². The van der Waals surface area contributed by atoms with Crippen molar-refractivity contribution >= 4 is 23.3 Å². The van der Waals surface area contributed by atoms with E-state index in [9.17, 15) is 4.79 Å². The molecule has 8 heteroatoms. The molecule has 0 aliphatic heterocycles. The zero-order chi connectivity index (χ0) is 11.4. The largest absolute Gasteiger partial charge is 0.308 e. The molecule has 0 bridgehead atoms. The molecule has 0 unspecified atom stereocenters. The minimum absolute atomic E-state index is 0.0737. The Bertz CT molecular complexity index is 468. The van der Waals surface area contributed by atoms with Crippen LogP contribution >= 0.6 is 11.6 Å². The zero-order valence-corrected chi connectivity index (χ0v) is 8.79. The van der Waals surface area contributed by atoms with E-state index < -0.39 is 0 Å². The Morgan fingerprint density at radius 1 is 1.44 bits per heavy atom. The van der Waals surface area contributed by atoms with Crippen LogP contribution < -0.4 is 5.32 Å². The van der Waals surface area contributed by atoms with Crippen LogP contribution in [0.15, 0.2) is 25.0 Å². The van der Waals surface area contributed by atoms with E-state index in [0.29, 0.717) is 5.82 Å². The van der Waals surface area contributed by atoms with E-state index in [0.717, 1.165) is 0 Å². The molecule has 0 aliphatic rings. The highest BCUT2D eigenvalue weighted by atomic mass is 35.5. The molecule has 0 saturated carbocycles. The fourth-order valence-electron chi connectivity index (χ4n) is 1.02. The number of anilines is 1. The molecular formula is C8H7ClN6O. The van der Waals surface area contributed by atoms with Crippen molar-refractivity contribution in [1.82, 2.24) is 24.7 Å². The summed E-state index contributed by atoms with van der Waals surface area (Å²) in [4.78, 5) is 22.8. The van der Waals surface area contributed by atoms with Gasteiger partial charge in [-0.05, 0) is 0 Å². The summed E-state index contributed by atoms with van der Waals surface area (Å²) >= 11 is 5.55. The van der Waals surface area contributed by atoms with Crippen LogP contribution in [0.1, 0.15) is 0 Å². The monoisotopic (exact) mass is 238 g/mol. The van der Waals surface area contributed by atoms with Crippen molar-refractivity contribution in [3.8, 4) is 0 Å². The van der Waals surface area contributed by atoms with Crippen molar-refractivity contribution in [3.05, 3.63) is 30.2 Å². The van der Waals surface area contributed by atoms with Gasteiger partial charge in [0, 0.05) is 0 Å². The third-order valence-electron chi connectivity index (χ3n) is 1.66. The molecule has 0 spiro atoms. The van der Waals surface area contributed by atoms with Crippen LogP contribution in [0.3, 0.4) is 0 Å². The molecule has 2 aromatic rings. The molecule has 82 valence electrons. The first-order valence-corrected chi connectivity index (χ1v) is 4.71. The van der Waals surface area contributed by atoms with Gasteiger partial charge in [0.25, 0.3) is 0 Å². The van der Waals surface area contributed by atoms with Crippen LogP contribution in [0, 0.1) is 0 Å². The molecule has 16 heavy (non-hydrogen) atoms. The molecule has 1 amide bonds. The molecular weight excluding hydrogens is 232 g/mol. The van der Waals surface area contributed by atoms with Crippen LogP contribution in [0.25, 0.3) is 0 Å². The molecule has 0 aliphatic carbocycles. The standard InChI is InChI=1S/C8H7ClN6O/c9-6-1-12-7(2-11-6)14-8(16)3-15-5-10-4-13-15/h1-2,4-5H,3H2,(H,12,14,16). The van der Waals surface area contributed by atoms with Crippen LogP contribution in [0.4, 0.5) is 5.82 Å². The molecule has 0 aromatic carbocycles. The maximum atomic E-state index is 11.5. The van der Waals surface area contributed by atoms with Gasteiger partial charge in [-0.25, -0.2) is 19.6 Å². The lowest BCUT2D eigenvalue weighted by molar-refractivity contribution is -0.116. The van der Waals surface area contributed by atoms with Gasteiger partial charge in [0.2, 0.25) is 5.91 Å². The smallest absolute Gasteiger partial charge is 0.247 e. The molecule has 7 nitrogen and oxygen atoms in total. The van der Waals surface area contributed by atoms with Crippen LogP contribution in [-0.2, 0) is 11.3 Å². The van der Waals surface area contributed by atoms with Crippen LogP contribution in [0.5, 0.6) is 0 Å². The van der Waals surface area contributed by atoms with Crippen molar-refractivity contribution < 1.29 is 4.79 Å². The topological polar surface area (TPSA) is 85.6 Å². The average Bonchev–Trinajstić information content (AvgIpc) is 2.74. The first kappa shape index (κ1) is 10.5. The van der Waals surface area contributed by atoms with Crippen LogP contribution in [0.2, 0.25) is 5.15 Å². The Morgan fingerprint density at radius 2 is 2.31 bits per heavy atom. The lowest BCUT2D eigenvalue weighted by Gasteiger charge is -2.03. The minimum atomic E-state index is -0.262. The predicted octanol–water partition coefficient (Wildman–Crippen LogP) is 0.360. The number of nitrogens with one attached hydrogen (secondary N) is 1.